The quantitative estimate of drug-likeness (QED) is 0.427. The Morgan fingerprint density at radius 2 is 1.66 bits per heavy atom. The highest BCUT2D eigenvalue weighted by molar-refractivity contribution is 7.92. The molecule has 1 aliphatic rings. The summed E-state index contributed by atoms with van der Waals surface area (Å²) in [5, 5.41) is 0. The number of anilines is 1. The maximum absolute atomic E-state index is 13.9. The van der Waals surface area contributed by atoms with Crippen LogP contribution in [-0.4, -0.2) is 18.0 Å². The molecule has 0 unspecified atom stereocenters. The van der Waals surface area contributed by atoms with Gasteiger partial charge < -0.3 is 4.57 Å². The van der Waals surface area contributed by atoms with Crippen LogP contribution in [0.1, 0.15) is 22.9 Å². The van der Waals surface area contributed by atoms with Crippen molar-refractivity contribution in [3.05, 3.63) is 108 Å². The third kappa shape index (κ3) is 3.16. The summed E-state index contributed by atoms with van der Waals surface area (Å²) in [6.07, 6.45) is 0.296. The van der Waals surface area contributed by atoms with E-state index in [1.807, 2.05) is 10.8 Å². The van der Waals surface area contributed by atoms with Crippen molar-refractivity contribution >= 4 is 15.7 Å². The number of hydrogen-bond acceptors (Lipinski definition) is 3. The van der Waals surface area contributed by atoms with Crippen molar-refractivity contribution in [1.82, 2.24) is 9.55 Å². The van der Waals surface area contributed by atoms with Gasteiger partial charge in [0.1, 0.15) is 6.04 Å². The number of sulfonamides is 1. The summed E-state index contributed by atoms with van der Waals surface area (Å²) < 4.78 is 70.8. The number of hydrogen-bond donors (Lipinski definition) is 0. The lowest BCUT2D eigenvalue weighted by atomic mass is 10.0. The van der Waals surface area contributed by atoms with Crippen LogP contribution in [0.2, 0.25) is 0 Å². The van der Waals surface area contributed by atoms with Crippen molar-refractivity contribution in [3.63, 3.8) is 0 Å². The molecule has 1 aliphatic heterocycles. The Bertz CT molecular complexity index is 1400. The number of fused-ring (bicyclic) bond motifs is 3. The van der Waals surface area contributed by atoms with E-state index in [9.17, 15) is 21.6 Å². The molecule has 0 amide bonds. The van der Waals surface area contributed by atoms with Gasteiger partial charge in [-0.05, 0) is 54.1 Å². The Morgan fingerprint density at radius 1 is 0.875 bits per heavy atom. The fourth-order valence-electron chi connectivity index (χ4n) is 4.01. The number of halogens is 3. The summed E-state index contributed by atoms with van der Waals surface area (Å²) in [7, 11) is -4.38. The van der Waals surface area contributed by atoms with Gasteiger partial charge in [0, 0.05) is 18.6 Å². The first-order valence-corrected chi connectivity index (χ1v) is 11.1. The zero-order valence-corrected chi connectivity index (χ0v) is 17.3. The smallest absolute Gasteiger partial charge is 0.316 e. The zero-order valence-electron chi connectivity index (χ0n) is 16.4. The molecule has 3 heterocycles. The molecule has 32 heavy (non-hydrogen) atoms. The summed E-state index contributed by atoms with van der Waals surface area (Å²) in [5.74, 6) is 0. The van der Waals surface area contributed by atoms with Crippen molar-refractivity contribution in [2.45, 2.75) is 17.1 Å². The van der Waals surface area contributed by atoms with Crippen LogP contribution in [0.25, 0.3) is 5.69 Å². The number of para-hydroxylation sites is 2. The minimum atomic E-state index is -4.66. The van der Waals surface area contributed by atoms with Gasteiger partial charge in [-0.2, -0.15) is 13.2 Å². The van der Waals surface area contributed by atoms with Gasteiger partial charge in [-0.3, -0.25) is 9.29 Å². The van der Waals surface area contributed by atoms with Crippen LogP contribution in [0, 0.1) is 0 Å². The average molecular weight is 455 g/mol. The summed E-state index contributed by atoms with van der Waals surface area (Å²) in [6, 6.07) is 16.9. The molecule has 0 fully saturated rings. The molecule has 0 N–H and O–H groups in total. The van der Waals surface area contributed by atoms with Crippen molar-refractivity contribution in [1.29, 1.82) is 0 Å². The molecule has 2 aromatic heterocycles. The Morgan fingerprint density at radius 3 is 2.38 bits per heavy atom. The highest BCUT2D eigenvalue weighted by Crippen LogP contribution is 2.45. The van der Waals surface area contributed by atoms with Gasteiger partial charge in [0.05, 0.1) is 27.5 Å². The van der Waals surface area contributed by atoms with E-state index < -0.39 is 32.7 Å². The summed E-state index contributed by atoms with van der Waals surface area (Å²) in [6.45, 7) is 0. The van der Waals surface area contributed by atoms with Gasteiger partial charge in [0.15, 0.2) is 0 Å². The predicted molar refractivity (Wildman–Crippen MR) is 113 cm³/mol. The van der Waals surface area contributed by atoms with E-state index in [0.717, 1.165) is 12.1 Å². The van der Waals surface area contributed by atoms with Crippen molar-refractivity contribution in [2.24, 2.45) is 0 Å². The topological polar surface area (TPSA) is 55.2 Å². The molecule has 5 rings (SSSR count). The van der Waals surface area contributed by atoms with Gasteiger partial charge in [-0.25, -0.2) is 8.42 Å². The van der Waals surface area contributed by atoms with Crippen LogP contribution in [-0.2, 0) is 16.2 Å². The number of pyridine rings is 1. The van der Waals surface area contributed by atoms with E-state index in [1.54, 1.807) is 60.9 Å². The zero-order chi connectivity index (χ0) is 22.5. The molecular weight excluding hydrogens is 439 g/mol. The molecule has 2 aromatic carbocycles. The lowest BCUT2D eigenvalue weighted by Crippen LogP contribution is -2.40. The maximum Gasteiger partial charge on any atom is 0.416 e. The second-order valence-corrected chi connectivity index (χ2v) is 9.12. The summed E-state index contributed by atoms with van der Waals surface area (Å²) in [4.78, 5) is 3.70. The van der Waals surface area contributed by atoms with Crippen LogP contribution in [0.5, 0.6) is 0 Å². The Balaban J connectivity index is 1.77. The molecule has 0 saturated heterocycles. The van der Waals surface area contributed by atoms with E-state index in [0.29, 0.717) is 28.7 Å². The summed E-state index contributed by atoms with van der Waals surface area (Å²) in [5.41, 5.74) is 1.21. The second-order valence-electron chi connectivity index (χ2n) is 7.31. The molecule has 162 valence electrons. The van der Waals surface area contributed by atoms with Crippen molar-refractivity contribution in [2.75, 3.05) is 4.31 Å². The lowest BCUT2D eigenvalue weighted by molar-refractivity contribution is -0.137. The predicted octanol–water partition coefficient (Wildman–Crippen LogP) is 5.19. The standard InChI is InChI=1S/C23H16F3N3O2S/c24-23(25,26)17-7-3-8-18(14-17)32(30,31)29-20-10-2-1-9-19(20)28-13-5-11-21(28)22(29)16-6-4-12-27-15-16/h1-15,22H/t22-/m0/s1. The summed E-state index contributed by atoms with van der Waals surface area (Å²) >= 11 is 0. The van der Waals surface area contributed by atoms with Crippen molar-refractivity contribution < 1.29 is 21.6 Å². The number of rotatable bonds is 3. The largest absolute Gasteiger partial charge is 0.416 e. The molecule has 0 aliphatic carbocycles. The SMILES string of the molecule is O=S(=O)(c1cccc(C(F)(F)F)c1)N1c2ccccc2-n2cccc2[C@@H]1c1cccnc1. The van der Waals surface area contributed by atoms with Crippen LogP contribution in [0.4, 0.5) is 18.9 Å². The average Bonchev–Trinajstić information content (AvgIpc) is 3.28. The number of nitrogens with zero attached hydrogens (tertiary/aromatic N) is 3. The van der Waals surface area contributed by atoms with E-state index in [1.165, 1.54) is 10.4 Å². The molecule has 9 heteroatoms. The fraction of sp³-hybridized carbons (Fsp3) is 0.0870. The van der Waals surface area contributed by atoms with E-state index in [4.69, 9.17) is 0 Å². The van der Waals surface area contributed by atoms with Gasteiger partial charge in [-0.1, -0.05) is 24.3 Å². The van der Waals surface area contributed by atoms with E-state index >= 15 is 0 Å². The number of aromatic nitrogens is 2. The van der Waals surface area contributed by atoms with Gasteiger partial charge in [0.25, 0.3) is 10.0 Å². The van der Waals surface area contributed by atoms with Gasteiger partial charge >= 0.3 is 6.18 Å². The fourth-order valence-corrected chi connectivity index (χ4v) is 5.68. The van der Waals surface area contributed by atoms with Gasteiger partial charge in [-0.15, -0.1) is 0 Å². The lowest BCUT2D eigenvalue weighted by Gasteiger charge is -2.38. The van der Waals surface area contributed by atoms with Crippen molar-refractivity contribution in [3.8, 4) is 5.69 Å². The Hall–Kier alpha value is -3.59. The number of benzene rings is 2. The highest BCUT2D eigenvalue weighted by Gasteiger charge is 2.41. The Labute approximate surface area is 182 Å². The minimum absolute atomic E-state index is 0.363. The first kappa shape index (κ1) is 20.3. The first-order chi connectivity index (χ1) is 15.3. The molecule has 0 saturated carbocycles. The third-order valence-electron chi connectivity index (χ3n) is 5.39. The second kappa shape index (κ2) is 7.23. The normalized spacial score (nSPS) is 15.8. The van der Waals surface area contributed by atoms with E-state index in [-0.39, 0.29) is 0 Å². The molecule has 0 radical (unpaired) electrons. The minimum Gasteiger partial charge on any atom is -0.316 e. The molecule has 0 spiro atoms. The molecule has 0 bridgehead atoms. The van der Waals surface area contributed by atoms with Crippen LogP contribution in [0.3, 0.4) is 0 Å². The van der Waals surface area contributed by atoms with Crippen LogP contribution >= 0.6 is 0 Å². The molecular formula is C23H16F3N3O2S. The van der Waals surface area contributed by atoms with E-state index in [2.05, 4.69) is 4.98 Å². The van der Waals surface area contributed by atoms with Crippen LogP contribution in [0.15, 0.2) is 96.3 Å². The highest BCUT2D eigenvalue weighted by atomic mass is 32.2. The number of alkyl halides is 3. The van der Waals surface area contributed by atoms with Crippen LogP contribution < -0.4 is 4.31 Å². The Kier molecular flexibility index (Phi) is 4.59. The van der Waals surface area contributed by atoms with Gasteiger partial charge in [0.2, 0.25) is 0 Å². The molecule has 4 aromatic rings. The molecule has 5 nitrogen and oxygen atoms in total. The first-order valence-electron chi connectivity index (χ1n) is 9.67. The third-order valence-corrected chi connectivity index (χ3v) is 7.17. The molecule has 1 atom stereocenters. The monoisotopic (exact) mass is 455 g/mol. The maximum atomic E-state index is 13.9.